The van der Waals surface area contributed by atoms with Crippen molar-refractivity contribution in [1.29, 1.82) is 0 Å². The largest absolute Gasteiger partial charge is 0.340 e. The van der Waals surface area contributed by atoms with Crippen molar-refractivity contribution < 1.29 is 0 Å². The van der Waals surface area contributed by atoms with Gasteiger partial charge in [-0.1, -0.05) is 86.7 Å². The lowest BCUT2D eigenvalue weighted by atomic mass is 9.72. The number of nitrogens with zero attached hydrogens (tertiary/aromatic N) is 1. The molecule has 1 aliphatic rings. The van der Waals surface area contributed by atoms with E-state index in [9.17, 15) is 0 Å². The molecule has 1 nitrogen and oxygen atoms in total. The highest BCUT2D eigenvalue weighted by atomic mass is 15.0. The average molecular weight is 548 g/mol. The van der Waals surface area contributed by atoms with Gasteiger partial charge in [-0.3, -0.25) is 0 Å². The first-order valence-corrected chi connectivity index (χ1v) is 15.6. The molecular formula is C41H41N. The zero-order chi connectivity index (χ0) is 29.4. The molecule has 0 saturated carbocycles. The SMILES string of the molecule is C#CCC1(CC#C)c2cc(C)ccc2-c2ccc(-c3ccc4c(c3)c3cc(C)ccc3n4CC(CC)CCCC)cc21. The van der Waals surface area contributed by atoms with Gasteiger partial charge in [0.15, 0.2) is 0 Å². The van der Waals surface area contributed by atoms with E-state index >= 15 is 0 Å². The Bertz CT molecular complexity index is 1870. The van der Waals surface area contributed by atoms with Crippen LogP contribution in [-0.2, 0) is 12.0 Å². The van der Waals surface area contributed by atoms with Gasteiger partial charge in [-0.2, -0.15) is 0 Å². The zero-order valence-corrected chi connectivity index (χ0v) is 25.6. The van der Waals surface area contributed by atoms with E-state index in [2.05, 4.69) is 117 Å². The zero-order valence-electron chi connectivity index (χ0n) is 25.6. The number of aromatic nitrogens is 1. The molecule has 0 amide bonds. The number of rotatable bonds is 9. The third-order valence-electron chi connectivity index (χ3n) is 9.66. The van der Waals surface area contributed by atoms with Gasteiger partial charge in [0.05, 0.1) is 0 Å². The molecule has 1 unspecified atom stereocenters. The monoisotopic (exact) mass is 547 g/mol. The maximum atomic E-state index is 6.01. The topological polar surface area (TPSA) is 4.93 Å². The minimum absolute atomic E-state index is 0.360. The number of hydrogen-bond acceptors (Lipinski definition) is 0. The molecule has 1 atom stereocenters. The van der Waals surface area contributed by atoms with Crippen LogP contribution in [0.15, 0.2) is 72.8 Å². The molecule has 0 N–H and O–H groups in total. The Morgan fingerprint density at radius 1 is 0.714 bits per heavy atom. The van der Waals surface area contributed by atoms with E-state index in [0.717, 1.165) is 6.54 Å². The second-order valence-corrected chi connectivity index (χ2v) is 12.4. The van der Waals surface area contributed by atoms with E-state index in [0.29, 0.717) is 18.8 Å². The molecule has 0 saturated heterocycles. The summed E-state index contributed by atoms with van der Waals surface area (Å²) in [6, 6.07) is 27.6. The van der Waals surface area contributed by atoms with Crippen LogP contribution in [0.2, 0.25) is 0 Å². The molecule has 4 aromatic carbocycles. The van der Waals surface area contributed by atoms with Crippen molar-refractivity contribution in [3.63, 3.8) is 0 Å². The molecule has 5 aromatic rings. The fourth-order valence-corrected chi connectivity index (χ4v) is 7.35. The van der Waals surface area contributed by atoms with E-state index in [1.54, 1.807) is 0 Å². The molecule has 1 heterocycles. The third kappa shape index (κ3) is 4.53. The van der Waals surface area contributed by atoms with E-state index < -0.39 is 0 Å². The van der Waals surface area contributed by atoms with Gasteiger partial charge in [-0.05, 0) is 89.9 Å². The number of terminal acetylenes is 2. The highest BCUT2D eigenvalue weighted by molar-refractivity contribution is 6.09. The van der Waals surface area contributed by atoms with Crippen LogP contribution in [0.3, 0.4) is 0 Å². The molecule has 0 aliphatic heterocycles. The van der Waals surface area contributed by atoms with Crippen molar-refractivity contribution >= 4 is 21.8 Å². The summed E-state index contributed by atoms with van der Waals surface area (Å²) < 4.78 is 2.57. The second-order valence-electron chi connectivity index (χ2n) is 12.4. The van der Waals surface area contributed by atoms with Crippen LogP contribution in [-0.4, -0.2) is 4.57 Å². The first-order chi connectivity index (χ1) is 20.4. The van der Waals surface area contributed by atoms with Crippen molar-refractivity contribution in [2.75, 3.05) is 0 Å². The maximum Gasteiger partial charge on any atom is 0.0491 e. The van der Waals surface area contributed by atoms with Crippen LogP contribution in [0.4, 0.5) is 0 Å². The molecule has 42 heavy (non-hydrogen) atoms. The molecule has 0 bridgehead atoms. The van der Waals surface area contributed by atoms with Crippen molar-refractivity contribution in [1.82, 2.24) is 4.57 Å². The normalized spacial score (nSPS) is 14.0. The van der Waals surface area contributed by atoms with Gasteiger partial charge < -0.3 is 4.57 Å². The van der Waals surface area contributed by atoms with Gasteiger partial charge in [-0.25, -0.2) is 0 Å². The molecule has 0 spiro atoms. The average Bonchev–Trinajstić information content (AvgIpc) is 3.43. The number of benzene rings is 4. The van der Waals surface area contributed by atoms with Crippen LogP contribution in [0.1, 0.15) is 74.6 Å². The van der Waals surface area contributed by atoms with Gasteiger partial charge in [0.1, 0.15) is 0 Å². The fraction of sp³-hybridized carbons (Fsp3) is 0.317. The highest BCUT2D eigenvalue weighted by Gasteiger charge is 2.42. The van der Waals surface area contributed by atoms with E-state index in [1.165, 1.54) is 92.0 Å². The summed E-state index contributed by atoms with van der Waals surface area (Å²) in [4.78, 5) is 0. The lowest BCUT2D eigenvalue weighted by molar-refractivity contribution is 0.401. The van der Waals surface area contributed by atoms with Crippen molar-refractivity contribution in [2.45, 2.75) is 78.2 Å². The molecule has 0 fully saturated rings. The molecule has 6 rings (SSSR count). The number of fused-ring (bicyclic) bond motifs is 6. The Balaban J connectivity index is 1.51. The third-order valence-corrected chi connectivity index (χ3v) is 9.66. The summed E-state index contributed by atoms with van der Waals surface area (Å²) in [7, 11) is 0. The van der Waals surface area contributed by atoms with Gasteiger partial charge >= 0.3 is 0 Å². The van der Waals surface area contributed by atoms with Gasteiger partial charge in [0.2, 0.25) is 0 Å². The van der Waals surface area contributed by atoms with Gasteiger partial charge in [0, 0.05) is 46.6 Å². The van der Waals surface area contributed by atoms with Crippen molar-refractivity contribution in [3.05, 3.63) is 95.1 Å². The first kappa shape index (κ1) is 27.9. The smallest absolute Gasteiger partial charge is 0.0491 e. The molecule has 1 aromatic heterocycles. The Morgan fingerprint density at radius 3 is 1.98 bits per heavy atom. The number of aryl methyl sites for hydroxylation is 2. The lowest BCUT2D eigenvalue weighted by Crippen LogP contribution is -2.24. The van der Waals surface area contributed by atoms with Crippen molar-refractivity contribution in [2.24, 2.45) is 5.92 Å². The number of unbranched alkanes of at least 4 members (excludes halogenated alkanes) is 1. The standard InChI is InChI=1S/C41H41N/c1-7-11-12-30(10-4)27-42-39-19-14-28(5)23-35(39)36-25-31(16-20-40(36)42)32-15-18-34-33-17-13-29(6)24-37(33)41(21-8-2,22-9-3)38(34)26-32/h2-3,13-20,23-26,30H,7,10-12,21-22,27H2,1,4-6H3. The summed E-state index contributed by atoms with van der Waals surface area (Å²) in [6.07, 6.45) is 18.2. The second kappa shape index (κ2) is 11.2. The lowest BCUT2D eigenvalue weighted by Gasteiger charge is -2.29. The Hall–Kier alpha value is -4.20. The van der Waals surface area contributed by atoms with Crippen LogP contribution in [0.25, 0.3) is 44.1 Å². The van der Waals surface area contributed by atoms with Gasteiger partial charge in [0.25, 0.3) is 0 Å². The van der Waals surface area contributed by atoms with Crippen LogP contribution < -0.4 is 0 Å². The van der Waals surface area contributed by atoms with E-state index in [4.69, 9.17) is 12.8 Å². The molecule has 1 aliphatic carbocycles. The molecule has 210 valence electrons. The van der Waals surface area contributed by atoms with E-state index in [1.807, 2.05) is 0 Å². The predicted molar refractivity (Wildman–Crippen MR) is 181 cm³/mol. The maximum absolute atomic E-state index is 6.01. The summed E-state index contributed by atoms with van der Waals surface area (Å²) in [5.74, 6) is 6.65. The Morgan fingerprint density at radius 2 is 1.29 bits per heavy atom. The van der Waals surface area contributed by atoms with E-state index in [-0.39, 0.29) is 5.41 Å². The predicted octanol–water partition coefficient (Wildman–Crippen LogP) is 10.6. The summed E-state index contributed by atoms with van der Waals surface area (Å²) in [5.41, 5.74) is 12.3. The quantitative estimate of drug-likeness (QED) is 0.162. The minimum atomic E-state index is -0.360. The highest BCUT2D eigenvalue weighted by Crippen LogP contribution is 2.53. The summed E-state index contributed by atoms with van der Waals surface area (Å²) in [5, 5.41) is 2.67. The summed E-state index contributed by atoms with van der Waals surface area (Å²) >= 11 is 0. The minimum Gasteiger partial charge on any atom is -0.340 e. The Labute approximate surface area is 252 Å². The molecule has 0 radical (unpaired) electrons. The van der Waals surface area contributed by atoms with Gasteiger partial charge in [-0.15, -0.1) is 24.7 Å². The first-order valence-electron chi connectivity index (χ1n) is 15.6. The van der Waals surface area contributed by atoms with Crippen molar-refractivity contribution in [3.8, 4) is 46.9 Å². The Kier molecular flexibility index (Phi) is 7.47. The number of hydrogen-bond donors (Lipinski definition) is 0. The fourth-order valence-electron chi connectivity index (χ4n) is 7.35. The van der Waals surface area contributed by atoms with Crippen LogP contribution in [0, 0.1) is 44.5 Å². The summed E-state index contributed by atoms with van der Waals surface area (Å²) in [6.45, 7) is 10.0. The molecular weight excluding hydrogens is 506 g/mol. The molecule has 1 heteroatoms. The van der Waals surface area contributed by atoms with Crippen LogP contribution in [0.5, 0.6) is 0 Å². The van der Waals surface area contributed by atoms with Crippen LogP contribution >= 0.6 is 0 Å².